The monoisotopic (exact) mass is 483 g/mol. The van der Waals surface area contributed by atoms with E-state index in [-0.39, 0.29) is 17.7 Å². The third kappa shape index (κ3) is 6.17. The Morgan fingerprint density at radius 2 is 1.83 bits per heavy atom. The zero-order valence-corrected chi connectivity index (χ0v) is 21.7. The van der Waals surface area contributed by atoms with Gasteiger partial charge in [-0.1, -0.05) is 34.6 Å². The van der Waals surface area contributed by atoms with E-state index in [4.69, 9.17) is 9.72 Å². The molecule has 35 heavy (non-hydrogen) atoms. The lowest BCUT2D eigenvalue weighted by atomic mass is 9.93. The normalized spacial score (nSPS) is 12.7. The standard InChI is InChI=1S/C25H37N7O3/c1-15(2)20(29-24(34)25(4,5)6)23(33)27-13-9-8-12-26-21-22-31-30-16(3)32(22)19-11-10-17(35-7)14-18(19)28-21/h10-11,14-15,20H,8-9,12-13H2,1-7H3,(H,26,28)(H,27,33)(H,29,34)/t20-/m0/s1. The predicted molar refractivity (Wildman–Crippen MR) is 137 cm³/mol. The molecule has 3 aromatic rings. The summed E-state index contributed by atoms with van der Waals surface area (Å²) in [6.07, 6.45) is 1.60. The number of hydrogen-bond donors (Lipinski definition) is 3. The third-order valence-corrected chi connectivity index (χ3v) is 5.80. The van der Waals surface area contributed by atoms with Crippen molar-refractivity contribution < 1.29 is 14.3 Å². The molecule has 3 N–H and O–H groups in total. The summed E-state index contributed by atoms with van der Waals surface area (Å²) in [7, 11) is 1.63. The highest BCUT2D eigenvalue weighted by molar-refractivity contribution is 5.89. The predicted octanol–water partition coefficient (Wildman–Crippen LogP) is 3.09. The first-order chi connectivity index (χ1) is 16.5. The van der Waals surface area contributed by atoms with Gasteiger partial charge in [-0.25, -0.2) is 4.98 Å². The highest BCUT2D eigenvalue weighted by Gasteiger charge is 2.29. The average molecular weight is 484 g/mol. The first-order valence-corrected chi connectivity index (χ1v) is 12.0. The fourth-order valence-corrected chi connectivity index (χ4v) is 3.67. The topological polar surface area (TPSA) is 123 Å². The number of anilines is 1. The summed E-state index contributed by atoms with van der Waals surface area (Å²) < 4.78 is 7.32. The molecule has 0 saturated carbocycles. The Hall–Kier alpha value is -3.43. The van der Waals surface area contributed by atoms with E-state index in [0.717, 1.165) is 35.4 Å². The van der Waals surface area contributed by atoms with E-state index in [1.165, 1.54) is 0 Å². The van der Waals surface area contributed by atoms with Crippen LogP contribution in [0.2, 0.25) is 0 Å². The second-order valence-corrected chi connectivity index (χ2v) is 10.1. The lowest BCUT2D eigenvalue weighted by Crippen LogP contribution is -2.52. The Morgan fingerprint density at radius 3 is 2.49 bits per heavy atom. The van der Waals surface area contributed by atoms with E-state index in [2.05, 4.69) is 26.1 Å². The van der Waals surface area contributed by atoms with E-state index in [9.17, 15) is 9.59 Å². The van der Waals surface area contributed by atoms with Crippen molar-refractivity contribution in [1.82, 2.24) is 30.2 Å². The van der Waals surface area contributed by atoms with Crippen molar-refractivity contribution in [1.29, 1.82) is 0 Å². The second-order valence-electron chi connectivity index (χ2n) is 10.1. The molecule has 2 aromatic heterocycles. The van der Waals surface area contributed by atoms with Crippen LogP contribution in [0, 0.1) is 18.3 Å². The number of aromatic nitrogens is 4. The molecular formula is C25H37N7O3. The number of carbonyl (C=O) groups excluding carboxylic acids is 2. The molecule has 0 aliphatic carbocycles. The maximum Gasteiger partial charge on any atom is 0.242 e. The molecule has 0 spiro atoms. The van der Waals surface area contributed by atoms with Gasteiger partial charge >= 0.3 is 0 Å². The Morgan fingerprint density at radius 1 is 1.11 bits per heavy atom. The van der Waals surface area contributed by atoms with Gasteiger partial charge in [0.05, 0.1) is 18.1 Å². The maximum absolute atomic E-state index is 12.6. The van der Waals surface area contributed by atoms with Crippen molar-refractivity contribution >= 4 is 34.3 Å². The van der Waals surface area contributed by atoms with Crippen LogP contribution in [-0.4, -0.2) is 57.6 Å². The fraction of sp³-hybridized carbons (Fsp3) is 0.560. The number of nitrogens with one attached hydrogen (secondary N) is 3. The number of methoxy groups -OCH3 is 1. The number of nitrogens with zero attached hydrogens (tertiary/aromatic N) is 4. The van der Waals surface area contributed by atoms with Crippen molar-refractivity contribution in [2.24, 2.45) is 11.3 Å². The van der Waals surface area contributed by atoms with Gasteiger partial charge < -0.3 is 20.7 Å². The van der Waals surface area contributed by atoms with Gasteiger partial charge in [-0.15, -0.1) is 10.2 Å². The Kier molecular flexibility index (Phi) is 8.14. The second kappa shape index (κ2) is 10.9. The van der Waals surface area contributed by atoms with Crippen LogP contribution in [0.15, 0.2) is 18.2 Å². The van der Waals surface area contributed by atoms with Crippen molar-refractivity contribution in [3.63, 3.8) is 0 Å². The van der Waals surface area contributed by atoms with Crippen LogP contribution in [0.3, 0.4) is 0 Å². The minimum Gasteiger partial charge on any atom is -0.497 e. The molecule has 3 rings (SSSR count). The molecule has 2 amide bonds. The first kappa shape index (κ1) is 26.2. The number of ether oxygens (including phenoxy) is 1. The largest absolute Gasteiger partial charge is 0.497 e. The average Bonchev–Trinajstić information content (AvgIpc) is 3.19. The number of fused-ring (bicyclic) bond motifs is 3. The Labute approximate surface area is 206 Å². The molecule has 0 unspecified atom stereocenters. The van der Waals surface area contributed by atoms with Gasteiger partial charge in [-0.05, 0) is 37.8 Å². The summed E-state index contributed by atoms with van der Waals surface area (Å²) in [5.74, 6) is 1.87. The number of rotatable bonds is 10. The van der Waals surface area contributed by atoms with Gasteiger partial charge in [0.2, 0.25) is 17.5 Å². The van der Waals surface area contributed by atoms with Gasteiger partial charge in [0.25, 0.3) is 0 Å². The fourth-order valence-electron chi connectivity index (χ4n) is 3.67. The van der Waals surface area contributed by atoms with Gasteiger partial charge in [-0.2, -0.15) is 0 Å². The summed E-state index contributed by atoms with van der Waals surface area (Å²) in [5.41, 5.74) is 1.82. The van der Waals surface area contributed by atoms with Crippen LogP contribution in [0.4, 0.5) is 5.82 Å². The molecule has 10 heteroatoms. The van der Waals surface area contributed by atoms with E-state index < -0.39 is 11.5 Å². The van der Waals surface area contributed by atoms with E-state index in [1.54, 1.807) is 7.11 Å². The molecule has 0 saturated heterocycles. The smallest absolute Gasteiger partial charge is 0.242 e. The lowest BCUT2D eigenvalue weighted by Gasteiger charge is -2.26. The van der Waals surface area contributed by atoms with Crippen LogP contribution < -0.4 is 20.7 Å². The van der Waals surface area contributed by atoms with Gasteiger partial charge in [0, 0.05) is 24.6 Å². The van der Waals surface area contributed by atoms with Crippen LogP contribution in [0.1, 0.15) is 53.3 Å². The minimum atomic E-state index is -0.553. The number of carbonyl (C=O) groups is 2. The van der Waals surface area contributed by atoms with E-state index in [1.807, 2.05) is 64.1 Å². The van der Waals surface area contributed by atoms with Gasteiger partial charge in [-0.3, -0.25) is 14.0 Å². The number of benzene rings is 1. The number of hydrogen-bond acceptors (Lipinski definition) is 7. The third-order valence-electron chi connectivity index (χ3n) is 5.80. The highest BCUT2D eigenvalue weighted by Crippen LogP contribution is 2.25. The summed E-state index contributed by atoms with van der Waals surface area (Å²) in [4.78, 5) is 29.7. The lowest BCUT2D eigenvalue weighted by molar-refractivity contribution is -0.134. The van der Waals surface area contributed by atoms with Gasteiger partial charge in [0.1, 0.15) is 17.6 Å². The summed E-state index contributed by atoms with van der Waals surface area (Å²) >= 11 is 0. The number of unbranched alkanes of at least 4 members (excludes halogenated alkanes) is 1. The maximum atomic E-state index is 12.6. The highest BCUT2D eigenvalue weighted by atomic mass is 16.5. The summed E-state index contributed by atoms with van der Waals surface area (Å²) in [6, 6.07) is 5.18. The first-order valence-electron chi connectivity index (χ1n) is 12.0. The Bertz CT molecular complexity index is 1200. The molecular weight excluding hydrogens is 446 g/mol. The van der Waals surface area contributed by atoms with Crippen molar-refractivity contribution in [3.8, 4) is 5.75 Å². The molecule has 0 radical (unpaired) electrons. The Balaban J connectivity index is 1.55. The van der Waals surface area contributed by atoms with Crippen molar-refractivity contribution in [2.45, 2.75) is 60.4 Å². The van der Waals surface area contributed by atoms with Crippen LogP contribution in [-0.2, 0) is 9.59 Å². The van der Waals surface area contributed by atoms with Crippen LogP contribution in [0.25, 0.3) is 16.7 Å². The molecule has 0 aliphatic rings. The SMILES string of the molecule is COc1ccc2c(c1)nc(NCCCCNC(=O)[C@@H](NC(=O)C(C)(C)C)C(C)C)c1nnc(C)n12. The van der Waals surface area contributed by atoms with E-state index >= 15 is 0 Å². The summed E-state index contributed by atoms with van der Waals surface area (Å²) in [5, 5.41) is 17.7. The molecule has 0 fully saturated rings. The van der Waals surface area contributed by atoms with Crippen LogP contribution in [0.5, 0.6) is 5.75 Å². The number of aryl methyl sites for hydroxylation is 1. The quantitative estimate of drug-likeness (QED) is 0.379. The molecule has 10 nitrogen and oxygen atoms in total. The molecule has 1 atom stereocenters. The van der Waals surface area contributed by atoms with Crippen LogP contribution >= 0.6 is 0 Å². The van der Waals surface area contributed by atoms with Crippen molar-refractivity contribution in [2.75, 3.05) is 25.5 Å². The molecule has 0 bridgehead atoms. The van der Waals surface area contributed by atoms with Gasteiger partial charge in [0.15, 0.2) is 5.82 Å². The molecule has 2 heterocycles. The van der Waals surface area contributed by atoms with Crippen molar-refractivity contribution in [3.05, 3.63) is 24.0 Å². The molecule has 190 valence electrons. The zero-order chi connectivity index (χ0) is 25.8. The molecule has 1 aromatic carbocycles. The molecule has 0 aliphatic heterocycles. The van der Waals surface area contributed by atoms with E-state index in [0.29, 0.717) is 24.6 Å². The zero-order valence-electron chi connectivity index (χ0n) is 21.7. The number of amides is 2. The minimum absolute atomic E-state index is 0.00501. The summed E-state index contributed by atoms with van der Waals surface area (Å²) in [6.45, 7) is 12.4.